The molecule has 4 heteroatoms. The molecule has 2 aromatic carbocycles. The normalized spacial score (nSPS) is 24.3. The lowest BCUT2D eigenvalue weighted by molar-refractivity contribution is 0.672. The van der Waals surface area contributed by atoms with E-state index in [-0.39, 0.29) is 0 Å². The molecule has 2 heterocycles. The van der Waals surface area contributed by atoms with Gasteiger partial charge in [0, 0.05) is 12.4 Å². The summed E-state index contributed by atoms with van der Waals surface area (Å²) in [5, 5.41) is 3.68. The van der Waals surface area contributed by atoms with E-state index < -0.39 is 0 Å². The Hall–Kier alpha value is -1.39. The van der Waals surface area contributed by atoms with E-state index in [4.69, 9.17) is 0 Å². The zero-order valence-electron chi connectivity index (χ0n) is 13.3. The van der Waals surface area contributed by atoms with Crippen LogP contribution in [0.2, 0.25) is 0 Å². The molecule has 1 saturated heterocycles. The second-order valence-electron chi connectivity index (χ2n) is 5.87. The Morgan fingerprint density at radius 3 is 2.65 bits per heavy atom. The molecule has 1 aromatic heterocycles. The van der Waals surface area contributed by atoms with E-state index in [2.05, 4.69) is 77.8 Å². The van der Waals surface area contributed by atoms with Crippen molar-refractivity contribution in [2.75, 3.05) is 0 Å². The number of aromatic nitrogens is 2. The molecule has 0 spiro atoms. The fourth-order valence-corrected chi connectivity index (χ4v) is 6.72. The Morgan fingerprint density at radius 2 is 1.91 bits per heavy atom. The molecule has 0 amide bonds. The third-order valence-corrected chi connectivity index (χ3v) is 7.69. The zero-order chi connectivity index (χ0) is 15.8. The molecule has 2 nitrogen and oxygen atoms in total. The summed E-state index contributed by atoms with van der Waals surface area (Å²) in [6, 6.07) is 13.5. The van der Waals surface area contributed by atoms with Gasteiger partial charge in [-0.05, 0) is 35.2 Å². The maximum absolute atomic E-state index is 4.25. The summed E-state index contributed by atoms with van der Waals surface area (Å²) >= 11 is 4.10. The molecule has 0 aliphatic carbocycles. The minimum absolute atomic E-state index is 0.411. The van der Waals surface area contributed by atoms with Crippen molar-refractivity contribution in [1.82, 2.24) is 9.55 Å². The SMILES string of the molecule is CCc1ccc(C2SC(C)SC2n2ccnc2)c2ccccc12. The van der Waals surface area contributed by atoms with E-state index in [0.717, 1.165) is 6.42 Å². The molecule has 3 aromatic rings. The molecular formula is C19H20N2S2. The Balaban J connectivity index is 1.85. The van der Waals surface area contributed by atoms with Crippen LogP contribution >= 0.6 is 23.5 Å². The minimum atomic E-state index is 0.411. The van der Waals surface area contributed by atoms with Crippen LogP contribution in [0.25, 0.3) is 10.8 Å². The van der Waals surface area contributed by atoms with Crippen LogP contribution in [-0.4, -0.2) is 14.1 Å². The minimum Gasteiger partial charge on any atom is -0.323 e. The summed E-state index contributed by atoms with van der Waals surface area (Å²) in [6.07, 6.45) is 7.00. The van der Waals surface area contributed by atoms with Crippen LogP contribution in [0.4, 0.5) is 0 Å². The Kier molecular flexibility index (Phi) is 4.12. The highest BCUT2D eigenvalue weighted by Crippen LogP contribution is 2.58. The van der Waals surface area contributed by atoms with Crippen LogP contribution in [0, 0.1) is 0 Å². The summed E-state index contributed by atoms with van der Waals surface area (Å²) in [5.41, 5.74) is 2.89. The average molecular weight is 341 g/mol. The molecule has 1 aliphatic rings. The van der Waals surface area contributed by atoms with Crippen molar-refractivity contribution in [3.63, 3.8) is 0 Å². The van der Waals surface area contributed by atoms with Crippen molar-refractivity contribution >= 4 is 34.3 Å². The van der Waals surface area contributed by atoms with Crippen LogP contribution < -0.4 is 0 Å². The highest BCUT2D eigenvalue weighted by molar-refractivity contribution is 8.20. The van der Waals surface area contributed by atoms with E-state index in [1.165, 1.54) is 21.9 Å². The van der Waals surface area contributed by atoms with E-state index in [0.29, 0.717) is 15.2 Å². The number of benzene rings is 2. The topological polar surface area (TPSA) is 17.8 Å². The van der Waals surface area contributed by atoms with Gasteiger partial charge in [-0.15, -0.1) is 23.5 Å². The third-order valence-electron chi connectivity index (χ3n) is 4.48. The second-order valence-corrected chi connectivity index (χ2v) is 9.12. The van der Waals surface area contributed by atoms with Crippen LogP contribution in [0.5, 0.6) is 0 Å². The van der Waals surface area contributed by atoms with Gasteiger partial charge in [-0.25, -0.2) is 4.98 Å². The zero-order valence-corrected chi connectivity index (χ0v) is 15.0. The Labute approximate surface area is 145 Å². The first-order valence-corrected chi connectivity index (χ1v) is 9.95. The smallest absolute Gasteiger partial charge is 0.0973 e. The molecule has 0 bridgehead atoms. The number of rotatable bonds is 3. The van der Waals surface area contributed by atoms with Crippen LogP contribution in [0.3, 0.4) is 0 Å². The maximum Gasteiger partial charge on any atom is 0.0973 e. The molecule has 4 rings (SSSR count). The van der Waals surface area contributed by atoms with Crippen LogP contribution in [0.1, 0.15) is 35.6 Å². The molecule has 23 heavy (non-hydrogen) atoms. The number of hydrogen-bond acceptors (Lipinski definition) is 3. The lowest BCUT2D eigenvalue weighted by Crippen LogP contribution is -2.08. The molecule has 118 valence electrons. The summed E-state index contributed by atoms with van der Waals surface area (Å²) in [6.45, 7) is 4.54. The monoisotopic (exact) mass is 340 g/mol. The van der Waals surface area contributed by atoms with Gasteiger partial charge in [-0.1, -0.05) is 43.3 Å². The van der Waals surface area contributed by atoms with Gasteiger partial charge in [0.25, 0.3) is 0 Å². The largest absolute Gasteiger partial charge is 0.323 e. The van der Waals surface area contributed by atoms with Crippen molar-refractivity contribution < 1.29 is 0 Å². The van der Waals surface area contributed by atoms with Crippen molar-refractivity contribution in [2.45, 2.75) is 35.5 Å². The van der Waals surface area contributed by atoms with Gasteiger partial charge in [-0.3, -0.25) is 0 Å². The summed E-state index contributed by atoms with van der Waals surface area (Å²) < 4.78 is 2.85. The summed E-state index contributed by atoms with van der Waals surface area (Å²) in [7, 11) is 0. The number of thioether (sulfide) groups is 2. The van der Waals surface area contributed by atoms with Crippen molar-refractivity contribution in [1.29, 1.82) is 0 Å². The number of imidazole rings is 1. The molecule has 0 N–H and O–H groups in total. The Bertz CT molecular complexity index is 813. The van der Waals surface area contributed by atoms with Crippen LogP contribution in [0.15, 0.2) is 55.1 Å². The highest BCUT2D eigenvalue weighted by Gasteiger charge is 2.36. The fraction of sp³-hybridized carbons (Fsp3) is 0.316. The van der Waals surface area contributed by atoms with Gasteiger partial charge in [0.1, 0.15) is 0 Å². The molecular weight excluding hydrogens is 320 g/mol. The lowest BCUT2D eigenvalue weighted by atomic mass is 9.96. The van der Waals surface area contributed by atoms with Gasteiger partial charge < -0.3 is 4.57 Å². The highest BCUT2D eigenvalue weighted by atomic mass is 32.2. The van der Waals surface area contributed by atoms with E-state index >= 15 is 0 Å². The maximum atomic E-state index is 4.25. The number of hydrogen-bond donors (Lipinski definition) is 0. The van der Waals surface area contributed by atoms with E-state index in [1.54, 1.807) is 0 Å². The number of fused-ring (bicyclic) bond motifs is 1. The van der Waals surface area contributed by atoms with Crippen molar-refractivity contribution in [2.24, 2.45) is 0 Å². The molecule has 0 saturated carbocycles. The molecule has 3 unspecified atom stereocenters. The predicted octanol–water partition coefficient (Wildman–Crippen LogP) is 5.66. The standard InChI is InChI=1S/C19H20N2S2/c1-3-14-8-9-17(16-7-5-4-6-15(14)16)18-19(23-13(2)22-18)21-11-10-20-12-21/h4-13,18-19H,3H2,1-2H3. The second kappa shape index (κ2) is 6.25. The van der Waals surface area contributed by atoms with Gasteiger partial charge >= 0.3 is 0 Å². The van der Waals surface area contributed by atoms with Crippen molar-refractivity contribution in [3.05, 3.63) is 66.2 Å². The average Bonchev–Trinajstić information content (AvgIpc) is 3.23. The molecule has 3 atom stereocenters. The quantitative estimate of drug-likeness (QED) is 0.612. The first-order chi connectivity index (χ1) is 11.3. The first kappa shape index (κ1) is 15.2. The number of aryl methyl sites for hydroxylation is 1. The molecule has 0 radical (unpaired) electrons. The summed E-state index contributed by atoms with van der Waals surface area (Å²) in [4.78, 5) is 4.25. The van der Waals surface area contributed by atoms with Gasteiger partial charge in [0.2, 0.25) is 0 Å². The molecule has 1 aliphatic heterocycles. The fourth-order valence-electron chi connectivity index (χ4n) is 3.39. The van der Waals surface area contributed by atoms with Crippen LogP contribution in [-0.2, 0) is 6.42 Å². The van der Waals surface area contributed by atoms with E-state index in [1.807, 2.05) is 24.3 Å². The van der Waals surface area contributed by atoms with E-state index in [9.17, 15) is 0 Å². The lowest BCUT2D eigenvalue weighted by Gasteiger charge is -2.21. The first-order valence-electron chi connectivity index (χ1n) is 8.07. The van der Waals surface area contributed by atoms with Gasteiger partial charge in [0.05, 0.1) is 21.5 Å². The summed E-state index contributed by atoms with van der Waals surface area (Å²) in [5.74, 6) is 0. The third kappa shape index (κ3) is 2.68. The Morgan fingerprint density at radius 1 is 1.09 bits per heavy atom. The number of nitrogens with zero attached hydrogens (tertiary/aromatic N) is 2. The van der Waals surface area contributed by atoms with Gasteiger partial charge in [0.15, 0.2) is 0 Å². The van der Waals surface area contributed by atoms with Crippen molar-refractivity contribution in [3.8, 4) is 0 Å². The van der Waals surface area contributed by atoms with Gasteiger partial charge in [-0.2, -0.15) is 0 Å². The molecule has 1 fully saturated rings. The predicted molar refractivity (Wildman–Crippen MR) is 102 cm³/mol.